The van der Waals surface area contributed by atoms with Crippen LogP contribution in [0.3, 0.4) is 0 Å². The number of nitrogens with one attached hydrogen (secondary N) is 2. The molecule has 1 aliphatic rings. The lowest BCUT2D eigenvalue weighted by Crippen LogP contribution is -2.34. The summed E-state index contributed by atoms with van der Waals surface area (Å²) >= 11 is 5.23. The molecule has 4 nitrogen and oxygen atoms in total. The Balaban J connectivity index is 1.70. The van der Waals surface area contributed by atoms with E-state index in [1.165, 1.54) is 32.1 Å². The maximum absolute atomic E-state index is 12.0. The molecule has 2 rings (SSSR count). The molecule has 5 heteroatoms. The third kappa shape index (κ3) is 7.43. The predicted molar refractivity (Wildman–Crippen MR) is 107 cm³/mol. The molecule has 1 fully saturated rings. The van der Waals surface area contributed by atoms with Crippen LogP contribution in [-0.2, 0) is 4.79 Å². The summed E-state index contributed by atoms with van der Waals surface area (Å²) in [6, 6.07) is 7.61. The molecule has 0 saturated heterocycles. The van der Waals surface area contributed by atoms with E-state index in [0.717, 1.165) is 24.3 Å². The van der Waals surface area contributed by atoms with Gasteiger partial charge in [0, 0.05) is 12.1 Å². The Morgan fingerprint density at radius 1 is 1.24 bits per heavy atom. The fourth-order valence-corrected chi connectivity index (χ4v) is 3.33. The van der Waals surface area contributed by atoms with Crippen LogP contribution in [0.25, 0.3) is 0 Å². The van der Waals surface area contributed by atoms with Gasteiger partial charge < -0.3 is 15.4 Å². The highest BCUT2D eigenvalue weighted by Crippen LogP contribution is 2.27. The maximum atomic E-state index is 12.0. The number of carbonyl (C=O) groups is 1. The van der Waals surface area contributed by atoms with E-state index in [1.807, 2.05) is 31.2 Å². The first-order valence-electron chi connectivity index (χ1n) is 9.44. The Labute approximate surface area is 156 Å². The molecular formula is C20H30N2O2S. The van der Waals surface area contributed by atoms with Gasteiger partial charge in [0.2, 0.25) is 5.91 Å². The average molecular weight is 363 g/mol. The Hall–Kier alpha value is -1.62. The summed E-state index contributed by atoms with van der Waals surface area (Å²) < 4.78 is 5.75. The van der Waals surface area contributed by atoms with E-state index < -0.39 is 0 Å². The molecule has 138 valence electrons. The first kappa shape index (κ1) is 19.7. The van der Waals surface area contributed by atoms with Crippen LogP contribution in [0, 0.1) is 5.92 Å². The number of hydrogen-bond acceptors (Lipinski definition) is 3. The largest absolute Gasteiger partial charge is 0.491 e. The van der Waals surface area contributed by atoms with Crippen molar-refractivity contribution in [2.45, 2.75) is 71.3 Å². The molecule has 1 unspecified atom stereocenters. The zero-order chi connectivity index (χ0) is 18.1. The lowest BCUT2D eigenvalue weighted by molar-refractivity contribution is -0.120. The molecule has 0 bridgehead atoms. The zero-order valence-corrected chi connectivity index (χ0v) is 16.2. The van der Waals surface area contributed by atoms with Gasteiger partial charge in [-0.3, -0.25) is 4.79 Å². The van der Waals surface area contributed by atoms with Gasteiger partial charge in [-0.15, -0.1) is 0 Å². The van der Waals surface area contributed by atoms with E-state index in [0.29, 0.717) is 17.5 Å². The van der Waals surface area contributed by atoms with Gasteiger partial charge >= 0.3 is 0 Å². The van der Waals surface area contributed by atoms with Gasteiger partial charge in [0.1, 0.15) is 5.75 Å². The summed E-state index contributed by atoms with van der Waals surface area (Å²) in [6.45, 7) is 4.14. The first-order chi connectivity index (χ1) is 12.1. The van der Waals surface area contributed by atoms with Crippen LogP contribution in [0.5, 0.6) is 5.75 Å². The summed E-state index contributed by atoms with van der Waals surface area (Å²) in [5, 5.41) is 6.17. The Bertz CT molecular complexity index is 553. The molecule has 2 N–H and O–H groups in total. The molecule has 0 aliphatic heterocycles. The van der Waals surface area contributed by atoms with Crippen LogP contribution < -0.4 is 15.4 Å². The lowest BCUT2D eigenvalue weighted by Gasteiger charge is -2.21. The minimum absolute atomic E-state index is 0.000187. The fourth-order valence-electron chi connectivity index (χ4n) is 3.09. The third-order valence-electron chi connectivity index (χ3n) is 4.78. The van der Waals surface area contributed by atoms with Gasteiger partial charge in [0.05, 0.1) is 6.10 Å². The highest BCUT2D eigenvalue weighted by atomic mass is 32.1. The van der Waals surface area contributed by atoms with Gasteiger partial charge in [0.15, 0.2) is 5.11 Å². The van der Waals surface area contributed by atoms with Crippen molar-refractivity contribution in [3.8, 4) is 5.75 Å². The average Bonchev–Trinajstić information content (AvgIpc) is 2.62. The van der Waals surface area contributed by atoms with Crippen LogP contribution in [0.4, 0.5) is 5.69 Å². The van der Waals surface area contributed by atoms with Crippen molar-refractivity contribution in [2.24, 2.45) is 5.92 Å². The van der Waals surface area contributed by atoms with Crippen LogP contribution >= 0.6 is 12.2 Å². The SMILES string of the molecule is CCC(C)Oc1ccc(NC(=S)NC(=O)CCC2CCCCC2)cc1. The van der Waals surface area contributed by atoms with E-state index in [4.69, 9.17) is 17.0 Å². The first-order valence-corrected chi connectivity index (χ1v) is 9.85. The standard InChI is InChI=1S/C20H30N2O2S/c1-3-15(2)24-18-12-10-17(11-13-18)21-20(25)22-19(23)14-9-16-7-5-4-6-8-16/h10-13,15-16H,3-9,14H2,1-2H3,(H2,21,22,23,25). The second-order valence-electron chi connectivity index (χ2n) is 6.91. The maximum Gasteiger partial charge on any atom is 0.226 e. The number of amides is 1. The quantitative estimate of drug-likeness (QED) is 0.667. The number of benzene rings is 1. The molecule has 1 amide bonds. The summed E-state index contributed by atoms with van der Waals surface area (Å²) in [4.78, 5) is 12.0. The summed E-state index contributed by atoms with van der Waals surface area (Å²) in [6.07, 6.45) is 9.18. The van der Waals surface area contributed by atoms with Crippen LogP contribution in [0.15, 0.2) is 24.3 Å². The third-order valence-corrected chi connectivity index (χ3v) is 4.99. The molecule has 0 spiro atoms. The van der Waals surface area contributed by atoms with E-state index in [-0.39, 0.29) is 12.0 Å². The second-order valence-corrected chi connectivity index (χ2v) is 7.31. The van der Waals surface area contributed by atoms with Crippen molar-refractivity contribution in [1.29, 1.82) is 0 Å². The van der Waals surface area contributed by atoms with Gasteiger partial charge in [-0.05, 0) is 62.2 Å². The lowest BCUT2D eigenvalue weighted by atomic mass is 9.86. The second kappa shape index (κ2) is 10.4. The van der Waals surface area contributed by atoms with Gasteiger partial charge in [-0.1, -0.05) is 39.0 Å². The molecule has 1 aromatic carbocycles. The smallest absolute Gasteiger partial charge is 0.226 e. The van der Waals surface area contributed by atoms with Crippen molar-refractivity contribution >= 4 is 28.9 Å². The number of hydrogen-bond donors (Lipinski definition) is 2. The Morgan fingerprint density at radius 3 is 2.56 bits per heavy atom. The molecule has 1 atom stereocenters. The van der Waals surface area contributed by atoms with Crippen LogP contribution in [0.1, 0.15) is 65.2 Å². The molecule has 0 aromatic heterocycles. The van der Waals surface area contributed by atoms with Crippen molar-refractivity contribution in [1.82, 2.24) is 5.32 Å². The van der Waals surface area contributed by atoms with E-state index in [1.54, 1.807) is 0 Å². The summed E-state index contributed by atoms with van der Waals surface area (Å²) in [5.41, 5.74) is 0.842. The molecular weight excluding hydrogens is 332 g/mol. The van der Waals surface area contributed by atoms with Crippen LogP contribution in [-0.4, -0.2) is 17.1 Å². The highest BCUT2D eigenvalue weighted by molar-refractivity contribution is 7.80. The number of thiocarbonyl (C=S) groups is 1. The molecule has 1 aromatic rings. The number of carbonyl (C=O) groups excluding carboxylic acids is 1. The zero-order valence-electron chi connectivity index (χ0n) is 15.3. The normalized spacial score (nSPS) is 16.1. The predicted octanol–water partition coefficient (Wildman–Crippen LogP) is 5.04. The Kier molecular flexibility index (Phi) is 8.19. The van der Waals surface area contributed by atoms with Gasteiger partial charge in [-0.2, -0.15) is 0 Å². The number of rotatable bonds is 7. The molecule has 0 heterocycles. The van der Waals surface area contributed by atoms with E-state index in [2.05, 4.69) is 17.6 Å². The number of anilines is 1. The summed E-state index contributed by atoms with van der Waals surface area (Å²) in [5.74, 6) is 1.54. The monoisotopic (exact) mass is 362 g/mol. The Morgan fingerprint density at radius 2 is 1.92 bits per heavy atom. The molecule has 1 aliphatic carbocycles. The van der Waals surface area contributed by atoms with Crippen molar-refractivity contribution in [3.05, 3.63) is 24.3 Å². The van der Waals surface area contributed by atoms with Crippen molar-refractivity contribution in [3.63, 3.8) is 0 Å². The topological polar surface area (TPSA) is 50.4 Å². The molecule has 1 saturated carbocycles. The minimum atomic E-state index is -0.000187. The van der Waals surface area contributed by atoms with Gasteiger partial charge in [-0.25, -0.2) is 0 Å². The van der Waals surface area contributed by atoms with Gasteiger partial charge in [0.25, 0.3) is 0 Å². The number of ether oxygens (including phenoxy) is 1. The van der Waals surface area contributed by atoms with E-state index >= 15 is 0 Å². The fraction of sp³-hybridized carbons (Fsp3) is 0.600. The van der Waals surface area contributed by atoms with Crippen molar-refractivity contribution < 1.29 is 9.53 Å². The minimum Gasteiger partial charge on any atom is -0.491 e. The highest BCUT2D eigenvalue weighted by Gasteiger charge is 2.15. The summed E-state index contributed by atoms with van der Waals surface area (Å²) in [7, 11) is 0. The van der Waals surface area contributed by atoms with E-state index in [9.17, 15) is 4.79 Å². The molecule has 25 heavy (non-hydrogen) atoms. The van der Waals surface area contributed by atoms with Crippen molar-refractivity contribution in [2.75, 3.05) is 5.32 Å². The molecule has 0 radical (unpaired) electrons. The van der Waals surface area contributed by atoms with Crippen LogP contribution in [0.2, 0.25) is 0 Å².